The van der Waals surface area contributed by atoms with Crippen molar-refractivity contribution in [2.75, 3.05) is 40.0 Å². The van der Waals surface area contributed by atoms with Crippen LogP contribution in [0.1, 0.15) is 31.2 Å². The number of methoxy groups -OCH3 is 1. The lowest BCUT2D eigenvalue weighted by atomic mass is 9.96. The zero-order valence-electron chi connectivity index (χ0n) is 12.2. The maximum Gasteiger partial charge on any atom is 0.0487 e. The third-order valence-corrected chi connectivity index (χ3v) is 3.16. The number of nitrogens with one attached hydrogen (secondary N) is 1. The molecule has 0 aliphatic carbocycles. The highest BCUT2D eigenvalue weighted by Gasteiger charge is 2.10. The summed E-state index contributed by atoms with van der Waals surface area (Å²) in [5.41, 5.74) is 1.39. The highest BCUT2D eigenvalue weighted by molar-refractivity contribution is 5.19. The van der Waals surface area contributed by atoms with Crippen molar-refractivity contribution in [3.05, 3.63) is 35.9 Å². The van der Waals surface area contributed by atoms with Crippen molar-refractivity contribution in [1.29, 1.82) is 0 Å². The second-order valence-corrected chi connectivity index (χ2v) is 4.66. The van der Waals surface area contributed by atoms with Crippen LogP contribution in [0, 0.1) is 0 Å². The fraction of sp³-hybridized carbons (Fsp3) is 0.625. The Morgan fingerprint density at radius 1 is 1.11 bits per heavy atom. The fourth-order valence-corrected chi connectivity index (χ4v) is 2.06. The lowest BCUT2D eigenvalue weighted by Gasteiger charge is -2.17. The number of benzene rings is 1. The Bertz CT molecular complexity index is 303. The molecule has 1 unspecified atom stereocenters. The molecule has 0 aromatic heterocycles. The summed E-state index contributed by atoms with van der Waals surface area (Å²) in [5.74, 6) is 0.531. The molecule has 0 heterocycles. The highest BCUT2D eigenvalue weighted by atomic mass is 16.5. The second-order valence-electron chi connectivity index (χ2n) is 4.66. The quantitative estimate of drug-likeness (QED) is 0.624. The molecular weight excluding hydrogens is 238 g/mol. The van der Waals surface area contributed by atoms with Gasteiger partial charge in [0, 0.05) is 33.5 Å². The molecule has 3 nitrogen and oxygen atoms in total. The Kier molecular flexibility index (Phi) is 9.33. The maximum atomic E-state index is 5.66. The van der Waals surface area contributed by atoms with Crippen molar-refractivity contribution in [2.45, 2.75) is 25.7 Å². The second kappa shape index (κ2) is 11.0. The van der Waals surface area contributed by atoms with Crippen molar-refractivity contribution in [3.8, 4) is 0 Å². The van der Waals surface area contributed by atoms with E-state index < -0.39 is 0 Å². The van der Waals surface area contributed by atoms with Gasteiger partial charge in [-0.1, -0.05) is 37.3 Å². The van der Waals surface area contributed by atoms with Crippen LogP contribution in [0.3, 0.4) is 0 Å². The lowest BCUT2D eigenvalue weighted by molar-refractivity contribution is 0.0980. The summed E-state index contributed by atoms with van der Waals surface area (Å²) in [5, 5.41) is 3.43. The van der Waals surface area contributed by atoms with Gasteiger partial charge in [0.15, 0.2) is 0 Å². The summed E-state index contributed by atoms with van der Waals surface area (Å²) < 4.78 is 10.7. The largest absolute Gasteiger partial charge is 0.385 e. The molecule has 108 valence electrons. The van der Waals surface area contributed by atoms with Gasteiger partial charge in [-0.2, -0.15) is 0 Å². The van der Waals surface area contributed by atoms with E-state index in [1.165, 1.54) is 5.56 Å². The minimum atomic E-state index is 0.531. The smallest absolute Gasteiger partial charge is 0.0487 e. The number of ether oxygens (including phenoxy) is 2. The van der Waals surface area contributed by atoms with Gasteiger partial charge in [0.25, 0.3) is 0 Å². The summed E-state index contributed by atoms with van der Waals surface area (Å²) >= 11 is 0. The SMILES string of the molecule is CCNCC(CCOCCCOC)c1ccccc1. The minimum absolute atomic E-state index is 0.531. The van der Waals surface area contributed by atoms with Gasteiger partial charge in [0.1, 0.15) is 0 Å². The number of hydrogen-bond donors (Lipinski definition) is 1. The van der Waals surface area contributed by atoms with Crippen molar-refractivity contribution in [1.82, 2.24) is 5.32 Å². The molecule has 3 heteroatoms. The first-order valence-electron chi connectivity index (χ1n) is 7.20. The average molecular weight is 265 g/mol. The third-order valence-electron chi connectivity index (χ3n) is 3.16. The molecule has 0 fully saturated rings. The zero-order chi connectivity index (χ0) is 13.8. The molecule has 1 atom stereocenters. The van der Waals surface area contributed by atoms with Crippen LogP contribution in [0.5, 0.6) is 0 Å². The number of likely N-dealkylation sites (N-methyl/N-ethyl adjacent to an activating group) is 1. The molecule has 0 saturated carbocycles. The molecule has 0 radical (unpaired) electrons. The van der Waals surface area contributed by atoms with Gasteiger partial charge in [0.05, 0.1) is 0 Å². The lowest BCUT2D eigenvalue weighted by Crippen LogP contribution is -2.22. The van der Waals surface area contributed by atoms with Gasteiger partial charge >= 0.3 is 0 Å². The van der Waals surface area contributed by atoms with Crippen LogP contribution >= 0.6 is 0 Å². The molecular formula is C16H27NO2. The molecule has 1 aromatic carbocycles. The van der Waals surface area contributed by atoms with E-state index in [1.807, 2.05) is 0 Å². The van der Waals surface area contributed by atoms with Gasteiger partial charge in [0.2, 0.25) is 0 Å². The van der Waals surface area contributed by atoms with Gasteiger partial charge < -0.3 is 14.8 Å². The fourth-order valence-electron chi connectivity index (χ4n) is 2.06. The molecule has 0 amide bonds. The van der Waals surface area contributed by atoms with E-state index in [9.17, 15) is 0 Å². The molecule has 0 aliphatic rings. The molecule has 0 bridgehead atoms. The Labute approximate surface area is 117 Å². The van der Waals surface area contributed by atoms with Crippen molar-refractivity contribution in [3.63, 3.8) is 0 Å². The Morgan fingerprint density at radius 2 is 1.89 bits per heavy atom. The monoisotopic (exact) mass is 265 g/mol. The van der Waals surface area contributed by atoms with Crippen LogP contribution in [0.2, 0.25) is 0 Å². The van der Waals surface area contributed by atoms with E-state index >= 15 is 0 Å². The molecule has 1 N–H and O–H groups in total. The van der Waals surface area contributed by atoms with E-state index in [0.29, 0.717) is 5.92 Å². The standard InChI is InChI=1S/C16H27NO2/c1-3-17-14-16(15-8-5-4-6-9-15)10-13-19-12-7-11-18-2/h4-6,8-9,16-17H,3,7,10-14H2,1-2H3. The average Bonchev–Trinajstić information content (AvgIpc) is 2.46. The van der Waals surface area contributed by atoms with Crippen LogP contribution < -0.4 is 5.32 Å². The van der Waals surface area contributed by atoms with Crippen LogP contribution in [0.4, 0.5) is 0 Å². The van der Waals surface area contributed by atoms with Gasteiger partial charge in [-0.3, -0.25) is 0 Å². The summed E-state index contributed by atoms with van der Waals surface area (Å²) in [6.07, 6.45) is 2.03. The first-order chi connectivity index (χ1) is 9.38. The topological polar surface area (TPSA) is 30.5 Å². The van der Waals surface area contributed by atoms with Crippen LogP contribution in [-0.2, 0) is 9.47 Å². The summed E-state index contributed by atoms with van der Waals surface area (Å²) in [4.78, 5) is 0. The van der Waals surface area contributed by atoms with Gasteiger partial charge in [-0.25, -0.2) is 0 Å². The first-order valence-corrected chi connectivity index (χ1v) is 7.20. The molecule has 1 aromatic rings. The summed E-state index contributed by atoms with van der Waals surface area (Å²) in [7, 11) is 1.72. The Hall–Kier alpha value is -0.900. The normalized spacial score (nSPS) is 12.5. The van der Waals surface area contributed by atoms with Crippen molar-refractivity contribution >= 4 is 0 Å². The molecule has 0 saturated heterocycles. The molecule has 19 heavy (non-hydrogen) atoms. The Balaban J connectivity index is 2.30. The van der Waals surface area contributed by atoms with Crippen molar-refractivity contribution in [2.24, 2.45) is 0 Å². The van der Waals surface area contributed by atoms with Gasteiger partial charge in [-0.05, 0) is 30.9 Å². The maximum absolute atomic E-state index is 5.66. The van der Waals surface area contributed by atoms with Crippen LogP contribution in [0.15, 0.2) is 30.3 Å². The number of rotatable bonds is 11. The van der Waals surface area contributed by atoms with E-state index in [2.05, 4.69) is 42.6 Å². The Morgan fingerprint density at radius 3 is 2.58 bits per heavy atom. The van der Waals surface area contributed by atoms with E-state index in [0.717, 1.165) is 45.8 Å². The zero-order valence-corrected chi connectivity index (χ0v) is 12.2. The van der Waals surface area contributed by atoms with E-state index in [4.69, 9.17) is 9.47 Å². The molecule has 0 spiro atoms. The predicted octanol–water partition coefficient (Wildman–Crippen LogP) is 2.82. The van der Waals surface area contributed by atoms with E-state index in [1.54, 1.807) is 7.11 Å². The van der Waals surface area contributed by atoms with Crippen LogP contribution in [0.25, 0.3) is 0 Å². The first kappa shape index (κ1) is 16.2. The van der Waals surface area contributed by atoms with E-state index in [-0.39, 0.29) is 0 Å². The minimum Gasteiger partial charge on any atom is -0.385 e. The highest BCUT2D eigenvalue weighted by Crippen LogP contribution is 2.18. The number of hydrogen-bond acceptors (Lipinski definition) is 3. The third kappa shape index (κ3) is 7.31. The summed E-state index contributed by atoms with van der Waals surface area (Å²) in [6, 6.07) is 10.7. The molecule has 1 rings (SSSR count). The van der Waals surface area contributed by atoms with Crippen LogP contribution in [-0.4, -0.2) is 40.0 Å². The van der Waals surface area contributed by atoms with Gasteiger partial charge in [-0.15, -0.1) is 0 Å². The molecule has 0 aliphatic heterocycles. The predicted molar refractivity (Wildman–Crippen MR) is 79.7 cm³/mol. The van der Waals surface area contributed by atoms with Crippen molar-refractivity contribution < 1.29 is 9.47 Å². The summed E-state index contributed by atoms with van der Waals surface area (Å²) in [6.45, 7) is 6.55.